The third kappa shape index (κ3) is 4.15. The predicted molar refractivity (Wildman–Crippen MR) is 194 cm³/mol. The summed E-state index contributed by atoms with van der Waals surface area (Å²) in [6.45, 7) is 8.68. The van der Waals surface area contributed by atoms with Crippen LogP contribution in [0.25, 0.3) is 89.7 Å². The molecule has 8 nitrogen and oxygen atoms in total. The highest BCUT2D eigenvalue weighted by atomic mass is 15.1. The highest BCUT2D eigenvalue weighted by Gasteiger charge is 2.25. The molecule has 8 bridgehead atoms. The number of hydrogen-bond donors (Lipinski definition) is 2. The first-order chi connectivity index (χ1) is 23.6. The fourth-order valence-corrected chi connectivity index (χ4v) is 7.45. The van der Waals surface area contributed by atoms with E-state index in [0.29, 0.717) is 28.9 Å². The van der Waals surface area contributed by atoms with E-state index in [1.165, 1.54) is 22.3 Å². The predicted octanol–water partition coefficient (Wildman–Crippen LogP) is 9.12. The zero-order valence-corrected chi connectivity index (χ0v) is 27.4. The van der Waals surface area contributed by atoms with Crippen molar-refractivity contribution in [3.63, 3.8) is 0 Å². The number of hydrogen-bond acceptors (Lipinski definition) is 6. The molecule has 0 atom stereocenters. The molecule has 8 heteroatoms. The van der Waals surface area contributed by atoms with E-state index >= 15 is 0 Å². The van der Waals surface area contributed by atoms with Crippen LogP contribution in [0.5, 0.6) is 0 Å². The summed E-state index contributed by atoms with van der Waals surface area (Å²) in [6, 6.07) is 25.4. The molecule has 0 amide bonds. The van der Waals surface area contributed by atoms with Gasteiger partial charge in [-0.15, -0.1) is 0 Å². The van der Waals surface area contributed by atoms with Crippen molar-refractivity contribution < 1.29 is 0 Å². The van der Waals surface area contributed by atoms with Crippen molar-refractivity contribution in [3.8, 4) is 45.6 Å². The van der Waals surface area contributed by atoms with Gasteiger partial charge < -0.3 is 9.97 Å². The lowest BCUT2D eigenvalue weighted by molar-refractivity contribution is 1.13. The number of nitrogens with one attached hydrogen (secondary N) is 2. The van der Waals surface area contributed by atoms with Gasteiger partial charge in [0.05, 0.1) is 0 Å². The summed E-state index contributed by atoms with van der Waals surface area (Å²) in [7, 11) is 0. The molecule has 0 fully saturated rings. The average molecular weight is 627 g/mol. The molecule has 0 aliphatic carbocycles. The van der Waals surface area contributed by atoms with Gasteiger partial charge in [0.25, 0.3) is 0 Å². The first kappa shape index (κ1) is 28.5. The van der Waals surface area contributed by atoms with Crippen molar-refractivity contribution in [2.24, 2.45) is 0 Å². The molecule has 2 N–H and O–H groups in total. The number of H-pyrrole nitrogens is 2. The van der Waals surface area contributed by atoms with E-state index in [0.717, 1.165) is 86.4 Å². The second-order valence-corrected chi connectivity index (χ2v) is 12.4. The zero-order valence-electron chi connectivity index (χ0n) is 27.4. The Hall–Kier alpha value is -5.76. The third-order valence-corrected chi connectivity index (χ3v) is 9.81. The molecule has 4 aromatic carbocycles. The summed E-state index contributed by atoms with van der Waals surface area (Å²) < 4.78 is 0. The minimum absolute atomic E-state index is 0.629. The average Bonchev–Trinajstić information content (AvgIpc) is 3.86. The quantitative estimate of drug-likeness (QED) is 0.202. The molecule has 0 saturated carbocycles. The summed E-state index contributed by atoms with van der Waals surface area (Å²) >= 11 is 0. The topological polar surface area (TPSA) is 109 Å². The summed E-state index contributed by atoms with van der Waals surface area (Å²) in [5, 5.41) is 4.10. The summed E-state index contributed by atoms with van der Waals surface area (Å²) in [6.07, 6.45) is 3.41. The molecule has 48 heavy (non-hydrogen) atoms. The molecule has 2 aliphatic rings. The molecular formula is C40H34N8. The summed E-state index contributed by atoms with van der Waals surface area (Å²) in [5.41, 5.74) is 11.7. The number of aryl methyl sites for hydroxylation is 4. The van der Waals surface area contributed by atoms with Crippen LogP contribution in [-0.4, -0.2) is 39.9 Å². The smallest absolute Gasteiger partial charge is 0.165 e. The van der Waals surface area contributed by atoms with Crippen LogP contribution in [0.4, 0.5) is 0 Å². The number of rotatable bonds is 4. The van der Waals surface area contributed by atoms with Crippen LogP contribution < -0.4 is 0 Å². The first-order valence-corrected chi connectivity index (χ1v) is 16.9. The Morgan fingerprint density at radius 3 is 1.23 bits per heavy atom. The maximum Gasteiger partial charge on any atom is 0.165 e. The number of fused-ring (bicyclic) bond motifs is 20. The van der Waals surface area contributed by atoms with Crippen molar-refractivity contribution in [1.29, 1.82) is 0 Å². The van der Waals surface area contributed by atoms with Crippen LogP contribution >= 0.6 is 0 Å². The van der Waals surface area contributed by atoms with Crippen LogP contribution in [0.3, 0.4) is 0 Å². The van der Waals surface area contributed by atoms with Crippen molar-refractivity contribution in [1.82, 2.24) is 39.9 Å². The standard InChI is InChI=1S/C40H34N8/c1-5-21-13-9-17-25-29(21)37-42-33(25)41-34-26-18-10-14-22(6-2)30(26)38(43-34)45-36-28-20-12-16-24(8-4)32(28)40(47-36)48-39-31-23(7-3)15-11-19-27(31)35(44-37)46-39/h9-20H,5-8H2,1-4H3,(H2,41,42,43,44,45,46,47,48). The van der Waals surface area contributed by atoms with Crippen molar-refractivity contribution in [2.45, 2.75) is 53.4 Å². The largest absolute Gasteiger partial charge is 0.324 e. The van der Waals surface area contributed by atoms with E-state index < -0.39 is 0 Å². The van der Waals surface area contributed by atoms with Gasteiger partial charge in [0.15, 0.2) is 23.3 Å². The van der Waals surface area contributed by atoms with E-state index in [1.54, 1.807) is 0 Å². The molecule has 5 heterocycles. The molecule has 2 aliphatic heterocycles. The van der Waals surface area contributed by atoms with Gasteiger partial charge in [0.1, 0.15) is 22.6 Å². The highest BCUT2D eigenvalue weighted by Crippen LogP contribution is 2.40. The second kappa shape index (κ2) is 10.9. The summed E-state index contributed by atoms with van der Waals surface area (Å²) in [5.74, 6) is 2.56. The van der Waals surface area contributed by atoms with Crippen LogP contribution in [0.2, 0.25) is 0 Å². The minimum Gasteiger partial charge on any atom is -0.324 e. The van der Waals surface area contributed by atoms with E-state index in [1.807, 2.05) is 0 Å². The maximum absolute atomic E-state index is 5.30. The monoisotopic (exact) mass is 626 g/mol. The van der Waals surface area contributed by atoms with Gasteiger partial charge in [-0.3, -0.25) is 0 Å². The number of nitrogens with zero attached hydrogens (tertiary/aromatic N) is 6. The second-order valence-electron chi connectivity index (χ2n) is 12.4. The molecule has 9 rings (SSSR count). The van der Waals surface area contributed by atoms with E-state index in [2.05, 4.69) is 110 Å². The van der Waals surface area contributed by atoms with Gasteiger partial charge in [-0.1, -0.05) is 100 Å². The maximum atomic E-state index is 5.30. The fraction of sp³-hybridized carbons (Fsp3) is 0.200. The minimum atomic E-state index is 0.629. The molecule has 234 valence electrons. The fourth-order valence-electron chi connectivity index (χ4n) is 7.45. The number of benzene rings is 4. The Morgan fingerprint density at radius 1 is 0.396 bits per heavy atom. The van der Waals surface area contributed by atoms with E-state index in [-0.39, 0.29) is 0 Å². The van der Waals surface area contributed by atoms with Gasteiger partial charge in [-0.2, -0.15) is 0 Å². The highest BCUT2D eigenvalue weighted by molar-refractivity contribution is 6.08. The van der Waals surface area contributed by atoms with Crippen molar-refractivity contribution >= 4 is 44.1 Å². The Kier molecular flexibility index (Phi) is 6.47. The van der Waals surface area contributed by atoms with E-state index in [9.17, 15) is 0 Å². The zero-order chi connectivity index (χ0) is 32.5. The Labute approximate surface area is 277 Å². The van der Waals surface area contributed by atoms with Gasteiger partial charge in [0, 0.05) is 43.8 Å². The van der Waals surface area contributed by atoms with Crippen LogP contribution in [0, 0.1) is 0 Å². The lowest BCUT2D eigenvalue weighted by atomic mass is 10.00. The molecular weight excluding hydrogens is 592 g/mol. The van der Waals surface area contributed by atoms with Crippen molar-refractivity contribution in [2.75, 3.05) is 0 Å². The first-order valence-electron chi connectivity index (χ1n) is 16.9. The van der Waals surface area contributed by atoms with E-state index in [4.69, 9.17) is 29.9 Å². The van der Waals surface area contributed by atoms with Crippen LogP contribution in [-0.2, 0) is 25.7 Å². The van der Waals surface area contributed by atoms with Crippen molar-refractivity contribution in [3.05, 3.63) is 95.1 Å². The SMILES string of the molecule is CCc1cccc2c1-c1nc-2nc2[nH]c(nc3nc(nc4[nH]c(n1)c1cccc(CC)c41)-c1c(CC)cccc1-3)c1c(CC)cccc21. The molecule has 0 radical (unpaired) electrons. The van der Waals surface area contributed by atoms with Crippen LogP contribution in [0.15, 0.2) is 72.8 Å². The number of aromatic nitrogens is 8. The lowest BCUT2D eigenvalue weighted by Crippen LogP contribution is -1.90. The number of aromatic amines is 2. The molecule has 7 aromatic rings. The summed E-state index contributed by atoms with van der Waals surface area (Å²) in [4.78, 5) is 38.5. The molecule has 0 saturated heterocycles. The third-order valence-electron chi connectivity index (χ3n) is 9.81. The van der Waals surface area contributed by atoms with Gasteiger partial charge in [-0.25, -0.2) is 29.9 Å². The molecule has 0 unspecified atom stereocenters. The Balaban J connectivity index is 1.53. The Morgan fingerprint density at radius 2 is 0.771 bits per heavy atom. The van der Waals surface area contributed by atoms with Gasteiger partial charge in [-0.05, 0) is 47.9 Å². The van der Waals surface area contributed by atoms with Gasteiger partial charge in [0.2, 0.25) is 0 Å². The lowest BCUT2D eigenvalue weighted by Gasteiger charge is -2.05. The van der Waals surface area contributed by atoms with Gasteiger partial charge >= 0.3 is 0 Å². The molecule has 0 spiro atoms. The Bertz CT molecular complexity index is 2630. The van der Waals surface area contributed by atoms with Crippen LogP contribution in [0.1, 0.15) is 49.9 Å². The molecule has 3 aromatic heterocycles. The normalized spacial score (nSPS) is 12.1.